The average molecular weight is 490 g/mol. The van der Waals surface area contributed by atoms with Gasteiger partial charge in [0.25, 0.3) is 0 Å². The molecule has 3 aromatic rings. The molecule has 1 aliphatic rings. The van der Waals surface area contributed by atoms with Crippen molar-refractivity contribution in [3.05, 3.63) is 52.1 Å². The van der Waals surface area contributed by atoms with Crippen LogP contribution in [0.5, 0.6) is 0 Å². The zero-order valence-corrected chi connectivity index (χ0v) is 18.3. The first-order valence-corrected chi connectivity index (χ1v) is 11.0. The lowest BCUT2D eigenvalue weighted by Gasteiger charge is -2.36. The third-order valence-corrected chi connectivity index (χ3v) is 6.30. The highest BCUT2D eigenvalue weighted by molar-refractivity contribution is 7.99. The van der Waals surface area contributed by atoms with E-state index >= 15 is 0 Å². The number of halogens is 5. The summed E-state index contributed by atoms with van der Waals surface area (Å²) in [6.45, 7) is 1.76. The van der Waals surface area contributed by atoms with Gasteiger partial charge in [0.2, 0.25) is 5.91 Å². The largest absolute Gasteiger partial charge is 0.416 e. The predicted molar refractivity (Wildman–Crippen MR) is 114 cm³/mol. The van der Waals surface area contributed by atoms with Gasteiger partial charge in [0.05, 0.1) is 21.4 Å². The van der Waals surface area contributed by atoms with E-state index in [4.69, 9.17) is 23.2 Å². The van der Waals surface area contributed by atoms with Gasteiger partial charge in [-0.15, -0.1) is 10.2 Å². The summed E-state index contributed by atoms with van der Waals surface area (Å²) in [7, 11) is 0. The molecule has 164 valence electrons. The monoisotopic (exact) mass is 489 g/mol. The number of piperazine rings is 1. The van der Waals surface area contributed by atoms with Gasteiger partial charge in [0, 0.05) is 38.1 Å². The van der Waals surface area contributed by atoms with Crippen LogP contribution < -0.4 is 4.90 Å². The fraction of sp³-hybridized carbons (Fsp3) is 0.316. The molecule has 1 fully saturated rings. The first kappa shape index (κ1) is 22.0. The second-order valence-electron chi connectivity index (χ2n) is 6.89. The molecule has 0 spiro atoms. The molecular formula is C19H16Cl2F3N5OS. The Bertz CT molecular complexity index is 1120. The standard InChI is InChI=1S/C19H16Cl2F3N5OS/c20-13-9-15(21)17-25-26-18(29(17)10-13)31-11-16(30)28-6-4-27(5-7-28)14-3-1-2-12(8-14)19(22,23)24/h1-3,8-10H,4-7,11H2. The van der Waals surface area contributed by atoms with E-state index in [1.165, 1.54) is 17.8 Å². The number of carbonyl (C=O) groups is 1. The fourth-order valence-corrected chi connectivity index (χ4v) is 4.63. The Balaban J connectivity index is 1.35. The molecule has 6 nitrogen and oxygen atoms in total. The normalized spacial score (nSPS) is 15.0. The van der Waals surface area contributed by atoms with E-state index < -0.39 is 11.7 Å². The van der Waals surface area contributed by atoms with Crippen LogP contribution in [0.15, 0.2) is 41.7 Å². The van der Waals surface area contributed by atoms with Crippen LogP contribution in [0.1, 0.15) is 5.56 Å². The maximum atomic E-state index is 12.9. The Morgan fingerprint density at radius 3 is 2.55 bits per heavy atom. The van der Waals surface area contributed by atoms with Gasteiger partial charge in [0.1, 0.15) is 0 Å². The van der Waals surface area contributed by atoms with Gasteiger partial charge in [0.15, 0.2) is 10.8 Å². The van der Waals surface area contributed by atoms with Crippen LogP contribution in [0.2, 0.25) is 10.0 Å². The van der Waals surface area contributed by atoms with Gasteiger partial charge in [-0.3, -0.25) is 9.20 Å². The topological polar surface area (TPSA) is 53.7 Å². The van der Waals surface area contributed by atoms with Crippen LogP contribution in [0.4, 0.5) is 18.9 Å². The van der Waals surface area contributed by atoms with Crippen LogP contribution in [-0.4, -0.2) is 57.3 Å². The summed E-state index contributed by atoms with van der Waals surface area (Å²) in [5.41, 5.74) is 0.274. The van der Waals surface area contributed by atoms with Crippen LogP contribution in [0.3, 0.4) is 0 Å². The lowest BCUT2D eigenvalue weighted by Crippen LogP contribution is -2.49. The predicted octanol–water partition coefficient (Wildman–Crippen LogP) is 4.50. The van der Waals surface area contributed by atoms with Gasteiger partial charge < -0.3 is 9.80 Å². The number of hydrogen-bond acceptors (Lipinski definition) is 5. The Hall–Kier alpha value is -2.17. The van der Waals surface area contributed by atoms with Crippen LogP contribution in [0.25, 0.3) is 5.65 Å². The molecular weight excluding hydrogens is 474 g/mol. The molecule has 3 heterocycles. The summed E-state index contributed by atoms with van der Waals surface area (Å²) < 4.78 is 40.5. The van der Waals surface area contributed by atoms with E-state index in [1.807, 2.05) is 4.90 Å². The number of benzene rings is 1. The third-order valence-electron chi connectivity index (χ3n) is 4.89. The van der Waals surface area contributed by atoms with Crippen LogP contribution >= 0.6 is 35.0 Å². The highest BCUT2D eigenvalue weighted by atomic mass is 35.5. The number of hydrogen-bond donors (Lipinski definition) is 0. The van der Waals surface area contributed by atoms with Crippen molar-refractivity contribution < 1.29 is 18.0 Å². The van der Waals surface area contributed by atoms with E-state index in [-0.39, 0.29) is 11.7 Å². The second-order valence-corrected chi connectivity index (χ2v) is 8.67. The summed E-state index contributed by atoms with van der Waals surface area (Å²) in [6.07, 6.45) is -2.76. The summed E-state index contributed by atoms with van der Waals surface area (Å²) in [4.78, 5) is 16.2. The lowest BCUT2D eigenvalue weighted by atomic mass is 10.1. The number of thioether (sulfide) groups is 1. The van der Waals surface area contributed by atoms with E-state index in [0.29, 0.717) is 52.7 Å². The number of carbonyl (C=O) groups excluding carboxylic acids is 1. The van der Waals surface area contributed by atoms with E-state index in [1.54, 1.807) is 27.6 Å². The number of amides is 1. The summed E-state index contributed by atoms with van der Waals surface area (Å²) in [6, 6.07) is 6.80. The Morgan fingerprint density at radius 2 is 1.84 bits per heavy atom. The van der Waals surface area contributed by atoms with Crippen molar-refractivity contribution in [2.75, 3.05) is 36.8 Å². The van der Waals surface area contributed by atoms with Gasteiger partial charge >= 0.3 is 6.18 Å². The van der Waals surface area contributed by atoms with Crippen molar-refractivity contribution in [2.45, 2.75) is 11.3 Å². The Labute approximate surface area is 189 Å². The van der Waals surface area contributed by atoms with Gasteiger partial charge in [-0.1, -0.05) is 41.0 Å². The molecule has 4 rings (SSSR count). The number of fused-ring (bicyclic) bond motifs is 1. The molecule has 1 aliphatic heterocycles. The van der Waals surface area contributed by atoms with E-state index in [0.717, 1.165) is 12.1 Å². The number of nitrogens with zero attached hydrogens (tertiary/aromatic N) is 5. The number of pyridine rings is 1. The smallest absolute Gasteiger partial charge is 0.368 e. The van der Waals surface area contributed by atoms with Crippen LogP contribution in [-0.2, 0) is 11.0 Å². The summed E-state index contributed by atoms with van der Waals surface area (Å²) in [5.74, 6) is 0.0626. The van der Waals surface area contributed by atoms with Crippen molar-refractivity contribution in [1.29, 1.82) is 0 Å². The molecule has 0 saturated carbocycles. The number of aromatic nitrogens is 3. The first-order chi connectivity index (χ1) is 14.7. The van der Waals surface area contributed by atoms with Gasteiger partial charge in [-0.2, -0.15) is 13.2 Å². The SMILES string of the molecule is O=C(CSc1nnc2c(Cl)cc(Cl)cn12)N1CCN(c2cccc(C(F)(F)F)c2)CC1. The third kappa shape index (κ3) is 4.86. The fourth-order valence-electron chi connectivity index (χ4n) is 3.31. The zero-order chi connectivity index (χ0) is 22.2. The molecule has 0 atom stereocenters. The van der Waals surface area contributed by atoms with Crippen LogP contribution in [0, 0.1) is 0 Å². The Kier molecular flexibility index (Phi) is 6.23. The quantitative estimate of drug-likeness (QED) is 0.505. The maximum Gasteiger partial charge on any atom is 0.416 e. The minimum atomic E-state index is -4.38. The minimum Gasteiger partial charge on any atom is -0.368 e. The van der Waals surface area contributed by atoms with Crippen molar-refractivity contribution in [3.8, 4) is 0 Å². The van der Waals surface area contributed by atoms with E-state index in [9.17, 15) is 18.0 Å². The van der Waals surface area contributed by atoms with Crippen molar-refractivity contribution in [2.24, 2.45) is 0 Å². The molecule has 0 aliphatic carbocycles. The molecule has 1 amide bonds. The van der Waals surface area contributed by atoms with Gasteiger partial charge in [-0.05, 0) is 24.3 Å². The number of anilines is 1. The average Bonchev–Trinajstić information content (AvgIpc) is 3.15. The molecule has 0 N–H and O–H groups in total. The molecule has 1 saturated heterocycles. The summed E-state index contributed by atoms with van der Waals surface area (Å²) in [5, 5.41) is 9.35. The summed E-state index contributed by atoms with van der Waals surface area (Å²) >= 11 is 13.3. The Morgan fingerprint density at radius 1 is 1.10 bits per heavy atom. The molecule has 31 heavy (non-hydrogen) atoms. The molecule has 1 aromatic carbocycles. The molecule has 0 bridgehead atoms. The van der Waals surface area contributed by atoms with Crippen molar-refractivity contribution >= 4 is 52.2 Å². The number of rotatable bonds is 4. The minimum absolute atomic E-state index is 0.0847. The second kappa shape index (κ2) is 8.76. The van der Waals surface area contributed by atoms with Crippen molar-refractivity contribution in [3.63, 3.8) is 0 Å². The molecule has 2 aromatic heterocycles. The highest BCUT2D eigenvalue weighted by Crippen LogP contribution is 2.32. The molecule has 0 radical (unpaired) electrons. The lowest BCUT2D eigenvalue weighted by molar-refractivity contribution is -0.137. The number of alkyl halides is 3. The van der Waals surface area contributed by atoms with Gasteiger partial charge in [-0.25, -0.2) is 0 Å². The first-order valence-electron chi connectivity index (χ1n) is 9.25. The zero-order valence-electron chi connectivity index (χ0n) is 15.9. The highest BCUT2D eigenvalue weighted by Gasteiger charge is 2.31. The van der Waals surface area contributed by atoms with Crippen molar-refractivity contribution in [1.82, 2.24) is 19.5 Å². The maximum absolute atomic E-state index is 12.9. The van der Waals surface area contributed by atoms with E-state index in [2.05, 4.69) is 10.2 Å². The molecule has 12 heteroatoms. The molecule has 0 unspecified atom stereocenters.